The van der Waals surface area contributed by atoms with Crippen LogP contribution in [0.25, 0.3) is 5.82 Å². The molecule has 2 aromatic rings. The van der Waals surface area contributed by atoms with Crippen LogP contribution in [-0.2, 0) is 11.2 Å². The van der Waals surface area contributed by atoms with Crippen molar-refractivity contribution in [1.82, 2.24) is 24.7 Å². The van der Waals surface area contributed by atoms with Gasteiger partial charge in [0.1, 0.15) is 18.8 Å². The second-order valence-corrected chi connectivity index (χ2v) is 6.47. The third-order valence-electron chi connectivity index (χ3n) is 3.98. The van der Waals surface area contributed by atoms with Gasteiger partial charge >= 0.3 is 0 Å². The standard InChI is InChI=1S/C23H27N7O2/c1-17(9-10-18(2)19(3)11-12-25-4)15-32-22-14-21(26-16-27-22)30-20(28-23(24)29-30)8-6-7-13-31-5/h6-7,9-12,14,16H,1-4,8,13,15H2,5H3,(H2,24,29)/b7-6+,10-9-,12-11-. The summed E-state index contributed by atoms with van der Waals surface area (Å²) in [6, 6.07) is 1.65. The Labute approximate surface area is 187 Å². The molecule has 2 N–H and O–H groups in total. The summed E-state index contributed by atoms with van der Waals surface area (Å²) in [5, 5.41) is 4.21. The SMILES string of the molecule is C=N/C=C\C(=C)C(=C)/C=C\C(=C)COc1cc(-n2nc(N)nc2C/C=C/COC)ncn1. The normalized spacial score (nSPS) is 11.4. The predicted molar refractivity (Wildman–Crippen MR) is 127 cm³/mol. The second kappa shape index (κ2) is 12.6. The highest BCUT2D eigenvalue weighted by Crippen LogP contribution is 2.15. The Bertz CT molecular complexity index is 1060. The van der Waals surface area contributed by atoms with E-state index in [9.17, 15) is 0 Å². The van der Waals surface area contributed by atoms with E-state index in [1.807, 2.05) is 12.2 Å². The quantitative estimate of drug-likeness (QED) is 0.293. The molecule has 0 aliphatic rings. The van der Waals surface area contributed by atoms with Gasteiger partial charge in [-0.25, -0.2) is 9.97 Å². The summed E-state index contributed by atoms with van der Waals surface area (Å²) in [5.41, 5.74) is 7.95. The van der Waals surface area contributed by atoms with Crippen LogP contribution in [0.2, 0.25) is 0 Å². The van der Waals surface area contributed by atoms with Gasteiger partial charge in [-0.3, -0.25) is 4.99 Å². The van der Waals surface area contributed by atoms with E-state index in [-0.39, 0.29) is 12.6 Å². The van der Waals surface area contributed by atoms with Crippen molar-refractivity contribution < 1.29 is 9.47 Å². The largest absolute Gasteiger partial charge is 0.473 e. The van der Waals surface area contributed by atoms with E-state index in [0.717, 1.165) is 16.7 Å². The van der Waals surface area contributed by atoms with Crippen LogP contribution in [0.5, 0.6) is 5.88 Å². The van der Waals surface area contributed by atoms with Gasteiger partial charge in [-0.1, -0.05) is 44.0 Å². The van der Waals surface area contributed by atoms with Crippen molar-refractivity contribution in [3.63, 3.8) is 0 Å². The van der Waals surface area contributed by atoms with Crippen molar-refractivity contribution in [2.45, 2.75) is 6.42 Å². The number of nitrogens with zero attached hydrogens (tertiary/aromatic N) is 6. The van der Waals surface area contributed by atoms with E-state index < -0.39 is 0 Å². The maximum atomic E-state index is 5.78. The second-order valence-electron chi connectivity index (χ2n) is 6.47. The highest BCUT2D eigenvalue weighted by molar-refractivity contribution is 5.44. The smallest absolute Gasteiger partial charge is 0.240 e. The lowest BCUT2D eigenvalue weighted by Gasteiger charge is -2.08. The number of aromatic nitrogens is 5. The summed E-state index contributed by atoms with van der Waals surface area (Å²) < 4.78 is 12.3. The van der Waals surface area contributed by atoms with E-state index in [2.05, 4.69) is 51.5 Å². The zero-order valence-electron chi connectivity index (χ0n) is 18.1. The molecule has 0 aliphatic carbocycles. The Balaban J connectivity index is 2.02. The first-order chi connectivity index (χ1) is 15.4. The summed E-state index contributed by atoms with van der Waals surface area (Å²) in [7, 11) is 1.63. The van der Waals surface area contributed by atoms with Gasteiger partial charge in [-0.15, -0.1) is 5.10 Å². The lowest BCUT2D eigenvalue weighted by atomic mass is 10.1. The average Bonchev–Trinajstić information content (AvgIpc) is 3.17. The molecule has 0 bridgehead atoms. The minimum absolute atomic E-state index is 0.153. The van der Waals surface area contributed by atoms with Gasteiger partial charge in [0.25, 0.3) is 0 Å². The summed E-state index contributed by atoms with van der Waals surface area (Å²) in [6.07, 6.45) is 12.6. The first kappa shape index (κ1) is 24.2. The molecular weight excluding hydrogens is 406 g/mol. The summed E-state index contributed by atoms with van der Waals surface area (Å²) in [6.45, 7) is 15.9. The van der Waals surface area contributed by atoms with Crippen molar-refractivity contribution in [3.05, 3.63) is 91.3 Å². The lowest BCUT2D eigenvalue weighted by molar-refractivity contribution is 0.233. The molecule has 9 nitrogen and oxygen atoms in total. The van der Waals surface area contributed by atoms with E-state index in [4.69, 9.17) is 15.2 Å². The van der Waals surface area contributed by atoms with Crippen LogP contribution in [0.3, 0.4) is 0 Å². The molecule has 32 heavy (non-hydrogen) atoms. The molecule has 166 valence electrons. The van der Waals surface area contributed by atoms with Crippen LogP contribution in [-0.4, -0.2) is 51.8 Å². The van der Waals surface area contributed by atoms with Crippen LogP contribution in [0, 0.1) is 0 Å². The Morgan fingerprint density at radius 3 is 2.69 bits per heavy atom. The monoisotopic (exact) mass is 433 g/mol. The third kappa shape index (κ3) is 7.62. The number of allylic oxidation sites excluding steroid dienone is 5. The number of rotatable bonds is 13. The Kier molecular flexibility index (Phi) is 9.48. The topological polar surface area (TPSA) is 113 Å². The number of ether oxygens (including phenoxy) is 2. The number of aliphatic imine (C=N–C) groups is 1. The molecule has 2 aromatic heterocycles. The highest BCUT2D eigenvalue weighted by atomic mass is 16.5. The average molecular weight is 434 g/mol. The van der Waals surface area contributed by atoms with Crippen LogP contribution < -0.4 is 10.5 Å². The number of nitrogen functional groups attached to an aromatic ring is 1. The maximum absolute atomic E-state index is 5.78. The molecule has 0 fully saturated rings. The molecule has 0 amide bonds. The summed E-state index contributed by atoms with van der Waals surface area (Å²) >= 11 is 0. The fourth-order valence-electron chi connectivity index (χ4n) is 2.35. The molecule has 9 heteroatoms. The molecule has 0 aromatic carbocycles. The predicted octanol–water partition coefficient (Wildman–Crippen LogP) is 3.20. The van der Waals surface area contributed by atoms with Crippen LogP contribution in [0.1, 0.15) is 5.82 Å². The van der Waals surface area contributed by atoms with Gasteiger partial charge in [0.05, 0.1) is 6.61 Å². The van der Waals surface area contributed by atoms with Gasteiger partial charge in [0, 0.05) is 25.8 Å². The van der Waals surface area contributed by atoms with Crippen LogP contribution >= 0.6 is 0 Å². The van der Waals surface area contributed by atoms with Crippen molar-refractivity contribution in [2.24, 2.45) is 4.99 Å². The molecule has 0 atom stereocenters. The minimum Gasteiger partial charge on any atom is -0.473 e. The van der Waals surface area contributed by atoms with Gasteiger partial charge in [-0.05, 0) is 29.5 Å². The molecule has 2 heterocycles. The minimum atomic E-state index is 0.153. The van der Waals surface area contributed by atoms with Crippen LogP contribution in [0.15, 0.2) is 90.4 Å². The molecular formula is C23H27N7O2. The fraction of sp³-hybridized carbons (Fsp3) is 0.174. The summed E-state index contributed by atoms with van der Waals surface area (Å²) in [5.74, 6) is 1.64. The number of nitrogens with two attached hydrogens (primary N) is 1. The maximum Gasteiger partial charge on any atom is 0.240 e. The van der Waals surface area contributed by atoms with E-state index in [1.165, 1.54) is 6.33 Å². The molecule has 0 spiro atoms. The number of hydrogen-bond donors (Lipinski definition) is 1. The van der Waals surface area contributed by atoms with E-state index in [1.54, 1.807) is 42.3 Å². The van der Waals surface area contributed by atoms with Gasteiger partial charge < -0.3 is 15.2 Å². The third-order valence-corrected chi connectivity index (χ3v) is 3.98. The Hall–Kier alpha value is -4.11. The first-order valence-electron chi connectivity index (χ1n) is 9.61. The van der Waals surface area contributed by atoms with E-state index >= 15 is 0 Å². The summed E-state index contributed by atoms with van der Waals surface area (Å²) in [4.78, 5) is 16.3. The number of anilines is 1. The lowest BCUT2D eigenvalue weighted by Crippen LogP contribution is -2.07. The zero-order valence-corrected chi connectivity index (χ0v) is 18.1. The van der Waals surface area contributed by atoms with Gasteiger partial charge in [-0.2, -0.15) is 9.67 Å². The molecule has 0 unspecified atom stereocenters. The number of hydrogen-bond acceptors (Lipinski definition) is 8. The zero-order chi connectivity index (χ0) is 23.3. The number of methoxy groups -OCH3 is 1. The van der Waals surface area contributed by atoms with Crippen molar-refractivity contribution in [3.8, 4) is 11.7 Å². The van der Waals surface area contributed by atoms with Crippen LogP contribution in [0.4, 0.5) is 5.95 Å². The first-order valence-corrected chi connectivity index (χ1v) is 9.61. The molecule has 2 rings (SSSR count). The molecule has 0 saturated heterocycles. The van der Waals surface area contributed by atoms with Crippen molar-refractivity contribution >= 4 is 12.7 Å². The fourth-order valence-corrected chi connectivity index (χ4v) is 2.35. The highest BCUT2D eigenvalue weighted by Gasteiger charge is 2.11. The molecule has 0 aliphatic heterocycles. The van der Waals surface area contributed by atoms with Crippen molar-refractivity contribution in [1.29, 1.82) is 0 Å². The van der Waals surface area contributed by atoms with Gasteiger partial charge in [0.2, 0.25) is 11.8 Å². The Morgan fingerprint density at radius 2 is 1.94 bits per heavy atom. The molecule has 0 radical (unpaired) electrons. The van der Waals surface area contributed by atoms with Crippen molar-refractivity contribution in [2.75, 3.05) is 26.1 Å². The Morgan fingerprint density at radius 1 is 1.16 bits per heavy atom. The van der Waals surface area contributed by atoms with Gasteiger partial charge in [0.15, 0.2) is 5.82 Å². The van der Waals surface area contributed by atoms with E-state index in [0.29, 0.717) is 30.5 Å². The molecule has 0 saturated carbocycles.